The number of benzene rings is 2. The Kier molecular flexibility index (Phi) is 5.26. The number of halogens is 1. The lowest BCUT2D eigenvalue weighted by atomic mass is 9.92. The van der Waals surface area contributed by atoms with Crippen molar-refractivity contribution in [2.45, 2.75) is 31.5 Å². The maximum absolute atomic E-state index is 13.8. The lowest BCUT2D eigenvalue weighted by molar-refractivity contribution is 0.304. The molecule has 122 valence electrons. The van der Waals surface area contributed by atoms with Crippen LogP contribution in [0.4, 0.5) is 4.39 Å². The van der Waals surface area contributed by atoms with Gasteiger partial charge in [0.15, 0.2) is 11.6 Å². The molecule has 0 amide bonds. The third kappa shape index (κ3) is 3.89. The van der Waals surface area contributed by atoms with Gasteiger partial charge in [-0.3, -0.25) is 0 Å². The van der Waals surface area contributed by atoms with Crippen LogP contribution in [0, 0.1) is 5.82 Å². The summed E-state index contributed by atoms with van der Waals surface area (Å²) >= 11 is 0. The Morgan fingerprint density at radius 2 is 2.04 bits per heavy atom. The van der Waals surface area contributed by atoms with Crippen LogP contribution in [0.2, 0.25) is 0 Å². The van der Waals surface area contributed by atoms with Crippen molar-refractivity contribution in [1.29, 1.82) is 0 Å². The monoisotopic (exact) mass is 314 g/mol. The summed E-state index contributed by atoms with van der Waals surface area (Å²) < 4.78 is 18.8. The van der Waals surface area contributed by atoms with E-state index in [1.807, 2.05) is 12.1 Å². The highest BCUT2D eigenvalue weighted by molar-refractivity contribution is 5.29. The third-order valence-corrected chi connectivity index (χ3v) is 4.40. The van der Waals surface area contributed by atoms with Crippen LogP contribution in [0.15, 0.2) is 48.5 Å². The van der Waals surface area contributed by atoms with E-state index in [0.29, 0.717) is 18.6 Å². The molecule has 3 rings (SSSR count). The minimum Gasteiger partial charge on any atom is -0.494 e. The quantitative estimate of drug-likeness (QED) is 0.887. The molecule has 2 atom stereocenters. The zero-order valence-corrected chi connectivity index (χ0v) is 13.4. The van der Waals surface area contributed by atoms with E-state index < -0.39 is 0 Å². The zero-order valence-electron chi connectivity index (χ0n) is 13.4. The van der Waals surface area contributed by atoms with E-state index in [2.05, 4.69) is 34.9 Å². The molecule has 3 nitrogen and oxygen atoms in total. The van der Waals surface area contributed by atoms with Crippen molar-refractivity contribution < 1.29 is 9.13 Å². The minimum absolute atomic E-state index is 0.287. The summed E-state index contributed by atoms with van der Waals surface area (Å²) in [5.41, 5.74) is 2.23. The maximum atomic E-state index is 13.8. The van der Waals surface area contributed by atoms with E-state index in [1.54, 1.807) is 12.1 Å². The predicted octanol–water partition coefficient (Wildman–Crippen LogP) is 3.42. The third-order valence-electron chi connectivity index (χ3n) is 4.40. The van der Waals surface area contributed by atoms with Gasteiger partial charge in [-0.1, -0.05) is 36.4 Å². The van der Waals surface area contributed by atoms with Crippen LogP contribution in [0.5, 0.6) is 5.75 Å². The normalized spacial score (nSPS) is 21.1. The number of methoxy groups -OCH3 is 1. The second kappa shape index (κ2) is 7.57. The van der Waals surface area contributed by atoms with E-state index in [1.165, 1.54) is 12.7 Å². The molecule has 2 aromatic rings. The Morgan fingerprint density at radius 1 is 1.22 bits per heavy atom. The molecular formula is C19H23FN2O. The summed E-state index contributed by atoms with van der Waals surface area (Å²) in [5, 5.41) is 7.18. The highest BCUT2D eigenvalue weighted by Crippen LogP contribution is 2.24. The molecule has 23 heavy (non-hydrogen) atoms. The van der Waals surface area contributed by atoms with Gasteiger partial charge in [-0.05, 0) is 42.6 Å². The van der Waals surface area contributed by atoms with Gasteiger partial charge in [-0.2, -0.15) is 0 Å². The van der Waals surface area contributed by atoms with Gasteiger partial charge in [0.1, 0.15) is 0 Å². The molecule has 0 bridgehead atoms. The van der Waals surface area contributed by atoms with Gasteiger partial charge < -0.3 is 15.4 Å². The highest BCUT2D eigenvalue weighted by atomic mass is 19.1. The lowest BCUT2D eigenvalue weighted by Crippen LogP contribution is -2.45. The fourth-order valence-corrected chi connectivity index (χ4v) is 3.19. The number of rotatable bonds is 5. The molecule has 1 aliphatic rings. The lowest BCUT2D eigenvalue weighted by Gasteiger charge is -2.34. The second-order valence-electron chi connectivity index (χ2n) is 5.94. The first kappa shape index (κ1) is 16.0. The van der Waals surface area contributed by atoms with Gasteiger partial charge >= 0.3 is 0 Å². The predicted molar refractivity (Wildman–Crippen MR) is 90.0 cm³/mol. The average molecular weight is 314 g/mol. The summed E-state index contributed by atoms with van der Waals surface area (Å²) in [6, 6.07) is 16.3. The van der Waals surface area contributed by atoms with Crippen molar-refractivity contribution in [3.63, 3.8) is 0 Å². The van der Waals surface area contributed by atoms with E-state index >= 15 is 0 Å². The standard InChI is InChI=1S/C19H23FN2O/c1-23-18-10-9-14(12-16(18)20)13-22-17-8-5-11-21-19(17)15-6-3-2-4-7-15/h2-4,6-7,9-10,12,17,19,21-22H,5,8,11,13H2,1H3/t17-,19-/m0/s1. The van der Waals surface area contributed by atoms with Gasteiger partial charge in [0, 0.05) is 18.6 Å². The molecule has 0 aromatic heterocycles. The topological polar surface area (TPSA) is 33.3 Å². The summed E-state index contributed by atoms with van der Waals surface area (Å²) in [6.07, 6.45) is 2.27. The van der Waals surface area contributed by atoms with Crippen LogP contribution in [0.3, 0.4) is 0 Å². The van der Waals surface area contributed by atoms with Gasteiger partial charge in [0.2, 0.25) is 0 Å². The summed E-state index contributed by atoms with van der Waals surface area (Å²) in [4.78, 5) is 0. The van der Waals surface area contributed by atoms with Crippen LogP contribution in [-0.2, 0) is 6.54 Å². The van der Waals surface area contributed by atoms with Crippen molar-refractivity contribution >= 4 is 0 Å². The summed E-state index contributed by atoms with van der Waals surface area (Å²) in [7, 11) is 1.48. The molecule has 0 unspecified atom stereocenters. The largest absolute Gasteiger partial charge is 0.494 e. The van der Waals surface area contributed by atoms with Gasteiger partial charge in [-0.25, -0.2) is 4.39 Å². The number of nitrogens with one attached hydrogen (secondary N) is 2. The van der Waals surface area contributed by atoms with Crippen molar-refractivity contribution in [1.82, 2.24) is 10.6 Å². The Labute approximate surface area is 136 Å². The number of hydrogen-bond acceptors (Lipinski definition) is 3. The van der Waals surface area contributed by atoms with Gasteiger partial charge in [-0.15, -0.1) is 0 Å². The molecule has 2 N–H and O–H groups in total. The highest BCUT2D eigenvalue weighted by Gasteiger charge is 2.25. The molecule has 4 heteroatoms. The molecule has 0 saturated carbocycles. The van der Waals surface area contributed by atoms with Gasteiger partial charge in [0.05, 0.1) is 7.11 Å². The van der Waals surface area contributed by atoms with Crippen LogP contribution < -0.4 is 15.4 Å². The van der Waals surface area contributed by atoms with Crippen molar-refractivity contribution in [2.75, 3.05) is 13.7 Å². The zero-order chi connectivity index (χ0) is 16.1. The first-order valence-corrected chi connectivity index (χ1v) is 8.12. The van der Waals surface area contributed by atoms with Crippen LogP contribution in [0.25, 0.3) is 0 Å². The van der Waals surface area contributed by atoms with Crippen LogP contribution in [0.1, 0.15) is 30.0 Å². The molecule has 2 aromatic carbocycles. The van der Waals surface area contributed by atoms with Crippen LogP contribution in [-0.4, -0.2) is 19.7 Å². The first-order valence-electron chi connectivity index (χ1n) is 8.12. The molecular weight excluding hydrogens is 291 g/mol. The van der Waals surface area contributed by atoms with E-state index in [-0.39, 0.29) is 11.6 Å². The average Bonchev–Trinajstić information content (AvgIpc) is 2.61. The number of ether oxygens (including phenoxy) is 1. The van der Waals surface area contributed by atoms with Crippen molar-refractivity contribution in [2.24, 2.45) is 0 Å². The summed E-state index contributed by atoms with van der Waals surface area (Å²) in [6.45, 7) is 1.69. The smallest absolute Gasteiger partial charge is 0.165 e. The van der Waals surface area contributed by atoms with Crippen molar-refractivity contribution in [3.05, 3.63) is 65.5 Å². The number of hydrogen-bond donors (Lipinski definition) is 2. The Morgan fingerprint density at radius 3 is 2.78 bits per heavy atom. The van der Waals surface area contributed by atoms with E-state index in [0.717, 1.165) is 24.9 Å². The van der Waals surface area contributed by atoms with E-state index in [9.17, 15) is 4.39 Å². The molecule has 1 fully saturated rings. The van der Waals surface area contributed by atoms with Crippen molar-refractivity contribution in [3.8, 4) is 5.75 Å². The SMILES string of the molecule is COc1ccc(CN[C@H]2CCCN[C@H]2c2ccccc2)cc1F. The molecule has 0 spiro atoms. The maximum Gasteiger partial charge on any atom is 0.165 e. The molecule has 1 aliphatic heterocycles. The molecule has 0 radical (unpaired) electrons. The minimum atomic E-state index is -0.312. The fourth-order valence-electron chi connectivity index (χ4n) is 3.19. The van der Waals surface area contributed by atoms with Crippen LogP contribution >= 0.6 is 0 Å². The van der Waals surface area contributed by atoms with E-state index in [4.69, 9.17) is 4.74 Å². The molecule has 0 aliphatic carbocycles. The molecule has 1 saturated heterocycles. The Hall–Kier alpha value is -1.91. The Balaban J connectivity index is 1.67. The second-order valence-corrected chi connectivity index (χ2v) is 5.94. The summed E-state index contributed by atoms with van der Waals surface area (Å²) in [5.74, 6) is -0.0246. The number of piperidine rings is 1. The molecule has 1 heterocycles. The fraction of sp³-hybridized carbons (Fsp3) is 0.368. The van der Waals surface area contributed by atoms with Gasteiger partial charge in [0.25, 0.3) is 0 Å². The first-order chi connectivity index (χ1) is 11.3. The Bertz CT molecular complexity index is 633.